The molecule has 0 spiro atoms. The maximum Gasteiger partial charge on any atom is 0.255 e. The van der Waals surface area contributed by atoms with Gasteiger partial charge in [-0.25, -0.2) is 0 Å². The highest BCUT2D eigenvalue weighted by molar-refractivity contribution is 8.00. The molecule has 0 bridgehead atoms. The number of nitrogens with zero attached hydrogens (tertiary/aromatic N) is 1. The Balaban J connectivity index is 1.55. The number of amides is 2. The fourth-order valence-electron chi connectivity index (χ4n) is 3.50. The van der Waals surface area contributed by atoms with Gasteiger partial charge in [0, 0.05) is 16.9 Å². The minimum absolute atomic E-state index is 0.0610. The number of anilines is 2. The molecule has 1 fully saturated rings. The van der Waals surface area contributed by atoms with Crippen LogP contribution in [0.25, 0.3) is 0 Å². The highest BCUT2D eigenvalue weighted by Gasteiger charge is 2.34. The van der Waals surface area contributed by atoms with Crippen LogP contribution in [0.4, 0.5) is 11.4 Å². The highest BCUT2D eigenvalue weighted by atomic mass is 32.2. The van der Waals surface area contributed by atoms with Crippen LogP contribution in [-0.2, 0) is 11.2 Å². The predicted molar refractivity (Wildman–Crippen MR) is 119 cm³/mol. The van der Waals surface area contributed by atoms with Gasteiger partial charge in [-0.3, -0.25) is 14.5 Å². The van der Waals surface area contributed by atoms with Crippen LogP contribution in [-0.4, -0.2) is 17.6 Å². The number of thioether (sulfide) groups is 1. The molecule has 4 rings (SSSR count). The predicted octanol–water partition coefficient (Wildman–Crippen LogP) is 5.28. The molecule has 1 aliphatic heterocycles. The van der Waals surface area contributed by atoms with Crippen LogP contribution in [0.2, 0.25) is 0 Å². The standard InChI is InChI=1S/C24H22N2O2S/c1-2-17-8-6-7-11-21(17)26-22(27)16-29-24(26)19-12-14-20(15-13-19)25-23(28)18-9-4-3-5-10-18/h3-15,24H,2,16H2,1H3,(H,25,28)/t24-/m0/s1. The molecule has 0 aromatic heterocycles. The first-order valence-electron chi connectivity index (χ1n) is 9.65. The molecule has 1 aliphatic rings. The fourth-order valence-corrected chi connectivity index (χ4v) is 4.67. The summed E-state index contributed by atoms with van der Waals surface area (Å²) in [6.45, 7) is 2.10. The summed E-state index contributed by atoms with van der Waals surface area (Å²) in [6, 6.07) is 25.0. The van der Waals surface area contributed by atoms with Crippen molar-refractivity contribution in [3.63, 3.8) is 0 Å². The molecule has 0 aliphatic carbocycles. The molecule has 0 unspecified atom stereocenters. The maximum absolute atomic E-state index is 12.6. The van der Waals surface area contributed by atoms with Gasteiger partial charge in [0.15, 0.2) is 0 Å². The lowest BCUT2D eigenvalue weighted by Gasteiger charge is -2.26. The smallest absolute Gasteiger partial charge is 0.255 e. The second-order valence-corrected chi connectivity index (χ2v) is 7.92. The fraction of sp³-hybridized carbons (Fsp3) is 0.167. The normalized spacial score (nSPS) is 16.1. The molecular formula is C24H22N2O2S. The molecule has 29 heavy (non-hydrogen) atoms. The lowest BCUT2D eigenvalue weighted by Crippen LogP contribution is -2.28. The summed E-state index contributed by atoms with van der Waals surface area (Å²) in [7, 11) is 0. The van der Waals surface area contributed by atoms with Gasteiger partial charge in [0.2, 0.25) is 5.91 Å². The second kappa shape index (κ2) is 8.53. The van der Waals surface area contributed by atoms with E-state index in [0.29, 0.717) is 11.3 Å². The Hall–Kier alpha value is -3.05. The van der Waals surface area contributed by atoms with Gasteiger partial charge in [-0.05, 0) is 47.9 Å². The number of nitrogens with one attached hydrogen (secondary N) is 1. The van der Waals surface area contributed by atoms with Gasteiger partial charge in [0.1, 0.15) is 5.37 Å². The molecule has 1 heterocycles. The Kier molecular flexibility index (Phi) is 5.67. The van der Waals surface area contributed by atoms with Gasteiger partial charge in [-0.2, -0.15) is 0 Å². The molecule has 1 saturated heterocycles. The summed E-state index contributed by atoms with van der Waals surface area (Å²) >= 11 is 1.63. The van der Waals surface area contributed by atoms with Crippen molar-refractivity contribution in [3.05, 3.63) is 95.6 Å². The van der Waals surface area contributed by atoms with E-state index in [0.717, 1.165) is 23.4 Å². The van der Waals surface area contributed by atoms with E-state index in [9.17, 15) is 9.59 Å². The van der Waals surface area contributed by atoms with Gasteiger partial charge in [0.05, 0.1) is 5.75 Å². The van der Waals surface area contributed by atoms with Crippen molar-refractivity contribution in [2.75, 3.05) is 16.0 Å². The number of hydrogen-bond donors (Lipinski definition) is 1. The zero-order valence-electron chi connectivity index (χ0n) is 16.2. The van der Waals surface area contributed by atoms with Gasteiger partial charge < -0.3 is 5.32 Å². The summed E-state index contributed by atoms with van der Waals surface area (Å²) in [5, 5.41) is 2.86. The summed E-state index contributed by atoms with van der Waals surface area (Å²) in [6.07, 6.45) is 0.877. The molecule has 3 aromatic rings. The molecule has 5 heteroatoms. The van der Waals surface area contributed by atoms with Crippen molar-refractivity contribution in [1.82, 2.24) is 0 Å². The number of hydrogen-bond acceptors (Lipinski definition) is 3. The third-order valence-corrected chi connectivity index (χ3v) is 6.20. The molecule has 146 valence electrons. The minimum Gasteiger partial charge on any atom is -0.322 e. The van der Waals surface area contributed by atoms with E-state index in [1.54, 1.807) is 23.9 Å². The van der Waals surface area contributed by atoms with E-state index >= 15 is 0 Å². The Bertz CT molecular complexity index is 1020. The Morgan fingerprint density at radius 1 is 1.00 bits per heavy atom. The van der Waals surface area contributed by atoms with E-state index in [1.807, 2.05) is 65.6 Å². The maximum atomic E-state index is 12.6. The van der Waals surface area contributed by atoms with E-state index < -0.39 is 0 Å². The van der Waals surface area contributed by atoms with Gasteiger partial charge in [-0.15, -0.1) is 11.8 Å². The monoisotopic (exact) mass is 402 g/mol. The van der Waals surface area contributed by atoms with Crippen LogP contribution in [0, 0.1) is 0 Å². The molecule has 0 radical (unpaired) electrons. The van der Waals surface area contributed by atoms with Crippen LogP contribution < -0.4 is 10.2 Å². The van der Waals surface area contributed by atoms with Crippen LogP contribution >= 0.6 is 11.8 Å². The SMILES string of the molecule is CCc1ccccc1N1C(=O)CS[C@H]1c1ccc(NC(=O)c2ccccc2)cc1. The molecule has 1 atom stereocenters. The molecular weight excluding hydrogens is 380 g/mol. The average Bonchev–Trinajstić information content (AvgIpc) is 3.16. The third kappa shape index (κ3) is 4.05. The first-order chi connectivity index (χ1) is 14.2. The van der Waals surface area contributed by atoms with Crippen molar-refractivity contribution in [1.29, 1.82) is 0 Å². The Morgan fingerprint density at radius 2 is 1.69 bits per heavy atom. The molecule has 3 aromatic carbocycles. The van der Waals surface area contributed by atoms with Crippen molar-refractivity contribution >= 4 is 35.0 Å². The highest BCUT2D eigenvalue weighted by Crippen LogP contribution is 2.43. The number of carbonyl (C=O) groups is 2. The van der Waals surface area contributed by atoms with Crippen LogP contribution in [0.5, 0.6) is 0 Å². The van der Waals surface area contributed by atoms with Crippen LogP contribution in [0.1, 0.15) is 33.8 Å². The molecule has 4 nitrogen and oxygen atoms in total. The summed E-state index contributed by atoms with van der Waals surface area (Å²) < 4.78 is 0. The molecule has 1 N–H and O–H groups in total. The summed E-state index contributed by atoms with van der Waals surface area (Å²) in [5.74, 6) is 0.458. The largest absolute Gasteiger partial charge is 0.322 e. The number of aryl methyl sites for hydroxylation is 1. The van der Waals surface area contributed by atoms with Gasteiger partial charge >= 0.3 is 0 Å². The van der Waals surface area contributed by atoms with Crippen molar-refractivity contribution < 1.29 is 9.59 Å². The number of benzene rings is 3. The minimum atomic E-state index is -0.137. The van der Waals surface area contributed by atoms with Crippen molar-refractivity contribution in [2.45, 2.75) is 18.7 Å². The average molecular weight is 403 g/mol. The Labute approximate surface area is 174 Å². The van der Waals surface area contributed by atoms with E-state index in [4.69, 9.17) is 0 Å². The zero-order chi connectivity index (χ0) is 20.2. The Morgan fingerprint density at radius 3 is 2.41 bits per heavy atom. The molecule has 2 amide bonds. The number of para-hydroxylation sites is 1. The van der Waals surface area contributed by atoms with Crippen LogP contribution in [0.15, 0.2) is 78.9 Å². The van der Waals surface area contributed by atoms with Crippen molar-refractivity contribution in [3.8, 4) is 0 Å². The lowest BCUT2D eigenvalue weighted by atomic mass is 10.1. The van der Waals surface area contributed by atoms with E-state index in [2.05, 4.69) is 18.3 Å². The second-order valence-electron chi connectivity index (χ2n) is 6.85. The van der Waals surface area contributed by atoms with Gasteiger partial charge in [0.25, 0.3) is 5.91 Å². The first-order valence-corrected chi connectivity index (χ1v) is 10.7. The topological polar surface area (TPSA) is 49.4 Å². The summed E-state index contributed by atoms with van der Waals surface area (Å²) in [5.41, 5.74) is 4.55. The lowest BCUT2D eigenvalue weighted by molar-refractivity contribution is -0.115. The number of rotatable bonds is 5. The third-order valence-electron chi connectivity index (χ3n) is 4.99. The molecule has 0 saturated carbocycles. The quantitative estimate of drug-likeness (QED) is 0.632. The van der Waals surface area contributed by atoms with Crippen LogP contribution in [0.3, 0.4) is 0 Å². The van der Waals surface area contributed by atoms with Gasteiger partial charge in [-0.1, -0.05) is 55.5 Å². The summed E-state index contributed by atoms with van der Waals surface area (Å²) in [4.78, 5) is 26.9. The first kappa shape index (κ1) is 19.3. The van der Waals surface area contributed by atoms with Crippen molar-refractivity contribution in [2.24, 2.45) is 0 Å². The van der Waals surface area contributed by atoms with E-state index in [1.165, 1.54) is 5.56 Å². The number of carbonyl (C=O) groups excluding carboxylic acids is 2. The zero-order valence-corrected chi connectivity index (χ0v) is 17.0. The van der Waals surface area contributed by atoms with E-state index in [-0.39, 0.29) is 17.2 Å².